The summed E-state index contributed by atoms with van der Waals surface area (Å²) in [6, 6.07) is 0. The molecule has 1 atom stereocenters. The lowest BCUT2D eigenvalue weighted by Gasteiger charge is -2.04. The average molecular weight is 178 g/mol. The number of hydrogen-bond acceptors (Lipinski definition) is 3. The minimum Gasteiger partial charge on any atom is -0.287 e. The highest BCUT2D eigenvalue weighted by molar-refractivity contribution is 8.23. The van der Waals surface area contributed by atoms with Crippen LogP contribution in [0.4, 0.5) is 0 Å². The van der Waals surface area contributed by atoms with E-state index in [2.05, 4.69) is 0 Å². The number of hydrogen-bond donors (Lipinski definition) is 0. The molecule has 0 aliphatic carbocycles. The van der Waals surface area contributed by atoms with Crippen molar-refractivity contribution in [2.45, 2.75) is 20.3 Å². The fourth-order valence-corrected chi connectivity index (χ4v) is 1.81. The minimum atomic E-state index is 0.233. The maximum atomic E-state index is 11.1. The van der Waals surface area contributed by atoms with Gasteiger partial charge in [0.05, 0.1) is 0 Å². The van der Waals surface area contributed by atoms with Gasteiger partial charge in [0.15, 0.2) is 5.12 Å². The summed E-state index contributed by atoms with van der Waals surface area (Å²) in [5.41, 5.74) is 0. The van der Waals surface area contributed by atoms with Gasteiger partial charge in [-0.1, -0.05) is 25.6 Å². The van der Waals surface area contributed by atoms with Gasteiger partial charge in [0.1, 0.15) is 0 Å². The van der Waals surface area contributed by atoms with Gasteiger partial charge in [-0.05, 0) is 12.7 Å². The van der Waals surface area contributed by atoms with Crippen LogP contribution in [0.25, 0.3) is 0 Å². The van der Waals surface area contributed by atoms with E-state index in [1.165, 1.54) is 11.8 Å². The van der Waals surface area contributed by atoms with E-state index in [0.29, 0.717) is 5.12 Å². The predicted molar refractivity (Wildman–Crippen MR) is 50.4 cm³/mol. The first kappa shape index (κ1) is 10.4. The first-order valence-electron chi connectivity index (χ1n) is 3.38. The van der Waals surface area contributed by atoms with E-state index in [9.17, 15) is 4.79 Å². The van der Waals surface area contributed by atoms with Crippen LogP contribution in [0.3, 0.4) is 0 Å². The zero-order valence-electron chi connectivity index (χ0n) is 6.72. The van der Waals surface area contributed by atoms with Gasteiger partial charge in [0.25, 0.3) is 0 Å². The molecule has 0 aromatic rings. The molecule has 0 saturated heterocycles. The van der Waals surface area contributed by atoms with E-state index in [1.54, 1.807) is 11.8 Å². The molecule has 0 saturated carbocycles. The molecule has 0 aliphatic heterocycles. The molecule has 0 rings (SSSR count). The molecule has 60 valence electrons. The number of carbonyl (C=O) groups is 1. The average Bonchev–Trinajstić information content (AvgIpc) is 1.98. The molecule has 0 aliphatic rings. The second-order valence-electron chi connectivity index (χ2n) is 2.18. The third kappa shape index (κ3) is 4.23. The summed E-state index contributed by atoms with van der Waals surface area (Å²) in [4.78, 5) is 11.1. The Hall–Kier alpha value is 0.370. The van der Waals surface area contributed by atoms with Crippen molar-refractivity contribution in [1.29, 1.82) is 0 Å². The van der Waals surface area contributed by atoms with Crippen LogP contribution >= 0.6 is 23.5 Å². The van der Waals surface area contributed by atoms with Crippen molar-refractivity contribution < 1.29 is 4.79 Å². The molecule has 3 heteroatoms. The first-order chi connectivity index (χ1) is 4.72. The molecular weight excluding hydrogens is 164 g/mol. The molecule has 10 heavy (non-hydrogen) atoms. The monoisotopic (exact) mass is 178 g/mol. The third-order valence-electron chi connectivity index (χ3n) is 1.33. The molecule has 0 bridgehead atoms. The van der Waals surface area contributed by atoms with E-state index in [0.717, 1.165) is 11.5 Å². The highest BCUT2D eigenvalue weighted by atomic mass is 32.2. The molecule has 0 radical (unpaired) electrons. The highest BCUT2D eigenvalue weighted by Gasteiger charge is 2.09. The quantitative estimate of drug-likeness (QED) is 0.616. The SMILES string of the molecule is CC[C@@H](C)C(=O)SCSC. The van der Waals surface area contributed by atoms with Gasteiger partial charge in [0.2, 0.25) is 0 Å². The predicted octanol–water partition coefficient (Wildman–Crippen LogP) is 2.61. The van der Waals surface area contributed by atoms with Gasteiger partial charge in [-0.15, -0.1) is 0 Å². The van der Waals surface area contributed by atoms with Crippen LogP contribution in [0.15, 0.2) is 0 Å². The van der Waals surface area contributed by atoms with Crippen molar-refractivity contribution in [1.82, 2.24) is 0 Å². The minimum absolute atomic E-state index is 0.233. The second kappa shape index (κ2) is 6.10. The molecule has 0 spiro atoms. The summed E-state index contributed by atoms with van der Waals surface area (Å²) in [5, 5.41) is 1.22. The van der Waals surface area contributed by atoms with Crippen LogP contribution in [0.2, 0.25) is 0 Å². The molecule has 0 heterocycles. The van der Waals surface area contributed by atoms with E-state index < -0.39 is 0 Å². The molecule has 1 nitrogen and oxygen atoms in total. The Morgan fingerprint density at radius 1 is 1.60 bits per heavy atom. The lowest BCUT2D eigenvalue weighted by atomic mass is 10.1. The smallest absolute Gasteiger partial charge is 0.192 e. The van der Waals surface area contributed by atoms with Gasteiger partial charge >= 0.3 is 0 Å². The highest BCUT2D eigenvalue weighted by Crippen LogP contribution is 2.16. The Morgan fingerprint density at radius 3 is 2.60 bits per heavy atom. The largest absolute Gasteiger partial charge is 0.287 e. The van der Waals surface area contributed by atoms with Crippen molar-refractivity contribution in [2.75, 3.05) is 11.3 Å². The lowest BCUT2D eigenvalue weighted by Crippen LogP contribution is -2.04. The van der Waals surface area contributed by atoms with E-state index >= 15 is 0 Å². The molecule has 0 unspecified atom stereocenters. The number of thioether (sulfide) groups is 2. The Kier molecular flexibility index (Phi) is 6.33. The molecule has 0 fully saturated rings. The van der Waals surface area contributed by atoms with Crippen LogP contribution in [0.1, 0.15) is 20.3 Å². The number of rotatable bonds is 4. The van der Waals surface area contributed by atoms with E-state index in [4.69, 9.17) is 0 Å². The van der Waals surface area contributed by atoms with Gasteiger partial charge < -0.3 is 0 Å². The van der Waals surface area contributed by atoms with E-state index in [-0.39, 0.29) is 5.92 Å². The van der Waals surface area contributed by atoms with Crippen molar-refractivity contribution in [2.24, 2.45) is 5.92 Å². The van der Waals surface area contributed by atoms with Crippen LogP contribution in [-0.4, -0.2) is 16.5 Å². The topological polar surface area (TPSA) is 17.1 Å². The standard InChI is InChI=1S/C7H14OS2/c1-4-6(2)7(8)10-5-9-3/h6H,4-5H2,1-3H3/t6-/m1/s1. The Morgan fingerprint density at radius 2 is 2.20 bits per heavy atom. The van der Waals surface area contributed by atoms with Crippen LogP contribution in [0, 0.1) is 5.92 Å². The van der Waals surface area contributed by atoms with Crippen LogP contribution < -0.4 is 0 Å². The zero-order valence-corrected chi connectivity index (χ0v) is 8.35. The van der Waals surface area contributed by atoms with Crippen LogP contribution in [0.5, 0.6) is 0 Å². The normalized spacial score (nSPS) is 13.1. The summed E-state index contributed by atoms with van der Waals surface area (Å²) >= 11 is 3.13. The molecule has 0 N–H and O–H groups in total. The van der Waals surface area contributed by atoms with Gasteiger partial charge in [-0.25, -0.2) is 0 Å². The fraction of sp³-hybridized carbons (Fsp3) is 0.857. The summed E-state index contributed by atoms with van der Waals surface area (Å²) in [5.74, 6) is 0.233. The van der Waals surface area contributed by atoms with Gasteiger partial charge in [-0.2, -0.15) is 11.8 Å². The number of carbonyl (C=O) groups excluding carboxylic acids is 1. The molecule has 0 amide bonds. The Bertz CT molecular complexity index is 104. The maximum Gasteiger partial charge on any atom is 0.192 e. The maximum absolute atomic E-state index is 11.1. The molecule has 0 aromatic heterocycles. The van der Waals surface area contributed by atoms with Gasteiger partial charge in [-0.3, -0.25) is 4.79 Å². The van der Waals surface area contributed by atoms with E-state index in [1.807, 2.05) is 20.1 Å². The Labute approximate surface area is 71.3 Å². The summed E-state index contributed by atoms with van der Waals surface area (Å²) in [7, 11) is 0. The molecular formula is C7H14OS2. The van der Waals surface area contributed by atoms with Crippen molar-refractivity contribution >= 4 is 28.6 Å². The van der Waals surface area contributed by atoms with Crippen molar-refractivity contribution in [3.8, 4) is 0 Å². The molecule has 0 aromatic carbocycles. The fourth-order valence-electron chi connectivity index (χ4n) is 0.426. The second-order valence-corrected chi connectivity index (χ2v) is 4.39. The summed E-state index contributed by atoms with van der Waals surface area (Å²) in [6.45, 7) is 4.03. The third-order valence-corrected chi connectivity index (χ3v) is 3.43. The first-order valence-corrected chi connectivity index (χ1v) is 5.75. The van der Waals surface area contributed by atoms with Gasteiger partial charge in [0, 0.05) is 11.0 Å². The summed E-state index contributed by atoms with van der Waals surface area (Å²) in [6.07, 6.45) is 2.97. The lowest BCUT2D eigenvalue weighted by molar-refractivity contribution is -0.113. The van der Waals surface area contributed by atoms with Crippen molar-refractivity contribution in [3.63, 3.8) is 0 Å². The van der Waals surface area contributed by atoms with Crippen molar-refractivity contribution in [3.05, 3.63) is 0 Å². The summed E-state index contributed by atoms with van der Waals surface area (Å²) < 4.78 is 0. The van der Waals surface area contributed by atoms with Crippen LogP contribution in [-0.2, 0) is 4.79 Å². The Balaban J connectivity index is 3.42. The zero-order chi connectivity index (χ0) is 7.98.